The fraction of sp³-hybridized carbons (Fsp3) is 0.565. The highest BCUT2D eigenvalue weighted by molar-refractivity contribution is 7.99. The zero-order valence-corrected chi connectivity index (χ0v) is 20.9. The Morgan fingerprint density at radius 1 is 1.12 bits per heavy atom. The molecule has 1 aromatic heterocycles. The molecule has 0 saturated heterocycles. The van der Waals surface area contributed by atoms with Crippen molar-refractivity contribution in [2.75, 3.05) is 12.3 Å². The van der Waals surface area contributed by atoms with Gasteiger partial charge >= 0.3 is 6.09 Å². The average Bonchev–Trinajstić information content (AvgIpc) is 3.09. The minimum atomic E-state index is -0.579. The molecule has 33 heavy (non-hydrogen) atoms. The van der Waals surface area contributed by atoms with E-state index in [1.165, 1.54) is 11.8 Å². The Morgan fingerprint density at radius 3 is 2.42 bits per heavy atom. The van der Waals surface area contributed by atoms with E-state index in [0.29, 0.717) is 22.7 Å². The molecule has 0 radical (unpaired) electrons. The molecule has 1 aliphatic rings. The van der Waals surface area contributed by atoms with E-state index in [2.05, 4.69) is 20.8 Å². The third-order valence-corrected chi connectivity index (χ3v) is 6.35. The van der Waals surface area contributed by atoms with Gasteiger partial charge in [0, 0.05) is 17.1 Å². The molecular weight excluding hydrogens is 464 g/mol. The lowest BCUT2D eigenvalue weighted by molar-refractivity contribution is -0.119. The van der Waals surface area contributed by atoms with E-state index >= 15 is 0 Å². The van der Waals surface area contributed by atoms with Crippen LogP contribution in [0.2, 0.25) is 5.02 Å². The number of amides is 2. The summed E-state index contributed by atoms with van der Waals surface area (Å²) < 4.78 is 11.1. The molecule has 3 rings (SSSR count). The van der Waals surface area contributed by atoms with Crippen molar-refractivity contribution in [2.45, 2.75) is 75.7 Å². The van der Waals surface area contributed by atoms with Crippen molar-refractivity contribution in [2.24, 2.45) is 0 Å². The lowest BCUT2D eigenvalue weighted by atomic mass is 9.90. The summed E-state index contributed by atoms with van der Waals surface area (Å²) in [7, 11) is 0. The second kappa shape index (κ2) is 11.2. The summed E-state index contributed by atoms with van der Waals surface area (Å²) >= 11 is 7.07. The van der Waals surface area contributed by atoms with Gasteiger partial charge in [0.2, 0.25) is 11.8 Å². The second-order valence-electron chi connectivity index (χ2n) is 9.27. The van der Waals surface area contributed by atoms with Gasteiger partial charge in [-0.25, -0.2) is 4.79 Å². The van der Waals surface area contributed by atoms with Crippen molar-refractivity contribution >= 4 is 35.4 Å². The van der Waals surface area contributed by atoms with E-state index in [9.17, 15) is 9.59 Å². The van der Waals surface area contributed by atoms with E-state index < -0.39 is 17.2 Å². The molecule has 1 fully saturated rings. The monoisotopic (exact) mass is 494 g/mol. The van der Waals surface area contributed by atoms with Gasteiger partial charge in [0.1, 0.15) is 5.60 Å². The highest BCUT2D eigenvalue weighted by Crippen LogP contribution is 2.28. The van der Waals surface area contributed by atoms with E-state index in [1.54, 1.807) is 24.3 Å². The molecule has 0 unspecified atom stereocenters. The van der Waals surface area contributed by atoms with Gasteiger partial charge in [-0.1, -0.05) is 49.0 Å². The van der Waals surface area contributed by atoms with Gasteiger partial charge in [-0.2, -0.15) is 0 Å². The zero-order valence-electron chi connectivity index (χ0n) is 19.3. The number of thioether (sulfide) groups is 1. The molecule has 1 aromatic carbocycles. The quantitative estimate of drug-likeness (QED) is 0.401. The summed E-state index contributed by atoms with van der Waals surface area (Å²) in [5.74, 6) is 0.333. The Hall–Kier alpha value is -2.26. The first-order valence-electron chi connectivity index (χ1n) is 11.1. The number of nitrogens with zero attached hydrogens (tertiary/aromatic N) is 2. The first-order valence-corrected chi connectivity index (χ1v) is 12.5. The van der Waals surface area contributed by atoms with Crippen molar-refractivity contribution in [1.29, 1.82) is 0 Å². The van der Waals surface area contributed by atoms with Crippen LogP contribution in [0.5, 0.6) is 0 Å². The minimum Gasteiger partial charge on any atom is -0.444 e. The van der Waals surface area contributed by atoms with Crippen molar-refractivity contribution in [3.8, 4) is 11.5 Å². The second-order valence-corrected chi connectivity index (χ2v) is 10.6. The third-order valence-electron chi connectivity index (χ3n) is 5.28. The standard InChI is InChI=1S/C23H31ClN4O4S/c1-22(2,3)32-20(30)26-23(12-6-4-5-7-13-23)15-25-18(29)14-33-21-28-27-19(31-21)16-8-10-17(24)11-9-16/h8-11H,4-7,12-15H2,1-3H3,(H,25,29)(H,26,30). The van der Waals surface area contributed by atoms with Crippen LogP contribution in [0.25, 0.3) is 11.5 Å². The number of nitrogens with one attached hydrogen (secondary N) is 2. The lowest BCUT2D eigenvalue weighted by Crippen LogP contribution is -2.56. The molecule has 0 aliphatic heterocycles. The van der Waals surface area contributed by atoms with Crippen LogP contribution < -0.4 is 10.6 Å². The van der Waals surface area contributed by atoms with Crippen molar-refractivity contribution in [3.63, 3.8) is 0 Å². The molecule has 2 aromatic rings. The zero-order chi connectivity index (χ0) is 23.9. The van der Waals surface area contributed by atoms with Crippen LogP contribution in [0.1, 0.15) is 59.3 Å². The molecular formula is C23H31ClN4O4S. The number of hydrogen-bond acceptors (Lipinski definition) is 7. The Kier molecular flexibility index (Phi) is 8.64. The van der Waals surface area contributed by atoms with Crippen molar-refractivity contribution in [1.82, 2.24) is 20.8 Å². The number of carbonyl (C=O) groups excluding carboxylic acids is 2. The molecule has 1 heterocycles. The largest absolute Gasteiger partial charge is 0.444 e. The maximum Gasteiger partial charge on any atom is 0.408 e. The van der Waals surface area contributed by atoms with E-state index in [-0.39, 0.29) is 11.7 Å². The summed E-state index contributed by atoms with van der Waals surface area (Å²) in [5, 5.41) is 15.0. The van der Waals surface area contributed by atoms with E-state index in [0.717, 1.165) is 44.1 Å². The number of halogens is 1. The molecule has 180 valence electrons. The Labute approximate surface area is 203 Å². The smallest absolute Gasteiger partial charge is 0.408 e. The number of rotatable bonds is 7. The maximum atomic E-state index is 12.5. The van der Waals surface area contributed by atoms with Crippen LogP contribution in [-0.4, -0.2) is 45.6 Å². The Bertz CT molecular complexity index is 935. The Balaban J connectivity index is 1.53. The highest BCUT2D eigenvalue weighted by atomic mass is 35.5. The Morgan fingerprint density at radius 2 is 1.79 bits per heavy atom. The van der Waals surface area contributed by atoms with Gasteiger partial charge in [0.25, 0.3) is 5.22 Å². The molecule has 2 amide bonds. The summed E-state index contributed by atoms with van der Waals surface area (Å²) in [6.07, 6.45) is 5.38. The first-order chi connectivity index (χ1) is 15.6. The highest BCUT2D eigenvalue weighted by Gasteiger charge is 2.34. The number of carbonyl (C=O) groups is 2. The van der Waals surface area contributed by atoms with E-state index in [1.807, 2.05) is 20.8 Å². The number of hydrogen-bond donors (Lipinski definition) is 2. The van der Waals surface area contributed by atoms with Crippen LogP contribution in [-0.2, 0) is 9.53 Å². The number of aromatic nitrogens is 2. The molecule has 10 heteroatoms. The van der Waals surface area contributed by atoms with Gasteiger partial charge in [-0.3, -0.25) is 4.79 Å². The average molecular weight is 495 g/mol. The van der Waals surface area contributed by atoms with Gasteiger partial charge in [-0.15, -0.1) is 10.2 Å². The van der Waals surface area contributed by atoms with Crippen LogP contribution in [0, 0.1) is 0 Å². The summed E-state index contributed by atoms with van der Waals surface area (Å²) in [6, 6.07) is 7.08. The molecule has 8 nitrogen and oxygen atoms in total. The molecule has 0 spiro atoms. The third kappa shape index (κ3) is 8.23. The summed E-state index contributed by atoms with van der Waals surface area (Å²) in [4.78, 5) is 25.0. The molecule has 1 aliphatic carbocycles. The van der Waals surface area contributed by atoms with Crippen LogP contribution in [0.15, 0.2) is 33.9 Å². The van der Waals surface area contributed by atoms with Gasteiger partial charge in [0.15, 0.2) is 0 Å². The normalized spacial score (nSPS) is 16.0. The number of ether oxygens (including phenoxy) is 1. The molecule has 2 N–H and O–H groups in total. The van der Waals surface area contributed by atoms with Crippen LogP contribution >= 0.6 is 23.4 Å². The summed E-state index contributed by atoms with van der Waals surface area (Å²) in [6.45, 7) is 5.86. The number of benzene rings is 1. The fourth-order valence-corrected chi connectivity index (χ4v) is 4.41. The van der Waals surface area contributed by atoms with Crippen molar-refractivity contribution < 1.29 is 18.7 Å². The number of alkyl carbamates (subject to hydrolysis) is 1. The SMILES string of the molecule is CC(C)(C)OC(=O)NC1(CNC(=O)CSc2nnc(-c3ccc(Cl)cc3)o2)CCCCCC1. The first kappa shape index (κ1) is 25.4. The predicted octanol–water partition coefficient (Wildman–Crippen LogP) is 5.22. The topological polar surface area (TPSA) is 106 Å². The van der Waals surface area contributed by atoms with Gasteiger partial charge in [0.05, 0.1) is 11.3 Å². The molecule has 0 atom stereocenters. The van der Waals surface area contributed by atoms with Gasteiger partial charge < -0.3 is 19.8 Å². The molecule has 0 bridgehead atoms. The van der Waals surface area contributed by atoms with Crippen LogP contribution in [0.3, 0.4) is 0 Å². The minimum absolute atomic E-state index is 0.130. The van der Waals surface area contributed by atoms with Crippen LogP contribution in [0.4, 0.5) is 4.79 Å². The van der Waals surface area contributed by atoms with Crippen molar-refractivity contribution in [3.05, 3.63) is 29.3 Å². The fourth-order valence-electron chi connectivity index (χ4n) is 3.69. The van der Waals surface area contributed by atoms with E-state index in [4.69, 9.17) is 20.8 Å². The summed E-state index contributed by atoms with van der Waals surface area (Å²) in [5.41, 5.74) is -0.331. The predicted molar refractivity (Wildman–Crippen MR) is 128 cm³/mol. The molecule has 1 saturated carbocycles. The van der Waals surface area contributed by atoms with Gasteiger partial charge in [-0.05, 0) is 57.9 Å². The maximum absolute atomic E-state index is 12.5. The lowest BCUT2D eigenvalue weighted by Gasteiger charge is -2.35.